The second-order valence-electron chi connectivity index (χ2n) is 7.46. The first kappa shape index (κ1) is 17.9. The molecule has 5 heteroatoms. The number of likely N-dealkylation sites (tertiary alicyclic amines) is 1. The molecule has 0 bridgehead atoms. The summed E-state index contributed by atoms with van der Waals surface area (Å²) in [4.78, 5) is 2.51. The van der Waals surface area contributed by atoms with Crippen LogP contribution < -0.4 is 0 Å². The predicted octanol–water partition coefficient (Wildman–Crippen LogP) is 3.10. The van der Waals surface area contributed by atoms with Gasteiger partial charge in [-0.3, -0.25) is 0 Å². The molecule has 0 N–H and O–H groups in total. The van der Waals surface area contributed by atoms with Crippen molar-refractivity contribution in [2.45, 2.75) is 50.8 Å². The summed E-state index contributed by atoms with van der Waals surface area (Å²) >= 11 is 0. The highest BCUT2D eigenvalue weighted by atomic mass is 32.2. The van der Waals surface area contributed by atoms with Crippen molar-refractivity contribution in [3.05, 3.63) is 35.9 Å². The fourth-order valence-corrected chi connectivity index (χ4v) is 5.80. The van der Waals surface area contributed by atoms with Gasteiger partial charge in [0, 0.05) is 12.6 Å². The minimum absolute atomic E-state index is 0.131. The molecular weight excluding hydrogens is 320 g/mol. The molecular formula is C19H30N2O2S. The average Bonchev–Trinajstić information content (AvgIpc) is 3.04. The Labute approximate surface area is 146 Å². The Morgan fingerprint density at radius 1 is 1.04 bits per heavy atom. The van der Waals surface area contributed by atoms with Crippen molar-refractivity contribution < 1.29 is 8.42 Å². The Hall–Kier alpha value is -0.910. The van der Waals surface area contributed by atoms with Gasteiger partial charge in [-0.1, -0.05) is 37.3 Å². The highest BCUT2D eigenvalue weighted by Gasteiger charge is 2.34. The first-order valence-electron chi connectivity index (χ1n) is 9.30. The molecule has 0 aliphatic carbocycles. The fourth-order valence-electron chi connectivity index (χ4n) is 3.95. The summed E-state index contributed by atoms with van der Waals surface area (Å²) in [5, 5.41) is 0. The van der Waals surface area contributed by atoms with Crippen LogP contribution in [0.25, 0.3) is 0 Å². The standard InChI is InChI=1S/C19H30N2O2S/c1-17-9-13-20(14-10-17)15-11-19-8-5-12-21(19)24(22,23)16-18-6-3-2-4-7-18/h2-4,6-7,17,19H,5,8-16H2,1H3. The average molecular weight is 351 g/mol. The van der Waals surface area contributed by atoms with E-state index in [1.807, 2.05) is 30.3 Å². The lowest BCUT2D eigenvalue weighted by Crippen LogP contribution is -2.40. The maximum absolute atomic E-state index is 12.8. The van der Waals surface area contributed by atoms with E-state index >= 15 is 0 Å². The molecule has 0 radical (unpaired) electrons. The smallest absolute Gasteiger partial charge is 0.218 e. The second-order valence-corrected chi connectivity index (χ2v) is 9.38. The van der Waals surface area contributed by atoms with Crippen LogP contribution in [0.15, 0.2) is 30.3 Å². The first-order valence-corrected chi connectivity index (χ1v) is 10.9. The van der Waals surface area contributed by atoms with Crippen LogP contribution in [-0.4, -0.2) is 49.8 Å². The lowest BCUT2D eigenvalue weighted by Gasteiger charge is -2.32. The minimum atomic E-state index is -3.21. The van der Waals surface area contributed by atoms with Gasteiger partial charge in [-0.2, -0.15) is 4.31 Å². The molecule has 1 aromatic rings. The zero-order valence-corrected chi connectivity index (χ0v) is 15.5. The number of rotatable bonds is 6. The van der Waals surface area contributed by atoms with Gasteiger partial charge < -0.3 is 4.90 Å². The summed E-state index contributed by atoms with van der Waals surface area (Å²) in [5.74, 6) is 0.974. The minimum Gasteiger partial charge on any atom is -0.303 e. The predicted molar refractivity (Wildman–Crippen MR) is 98.2 cm³/mol. The summed E-state index contributed by atoms with van der Waals surface area (Å²) in [6, 6.07) is 9.73. The van der Waals surface area contributed by atoms with Gasteiger partial charge in [-0.25, -0.2) is 8.42 Å². The normalized spacial score (nSPS) is 24.5. The maximum atomic E-state index is 12.8. The van der Waals surface area contributed by atoms with Gasteiger partial charge in [-0.15, -0.1) is 0 Å². The molecule has 24 heavy (non-hydrogen) atoms. The third-order valence-electron chi connectivity index (χ3n) is 5.53. The quantitative estimate of drug-likeness (QED) is 0.791. The topological polar surface area (TPSA) is 40.6 Å². The molecule has 134 valence electrons. The van der Waals surface area contributed by atoms with Crippen LogP contribution in [0.2, 0.25) is 0 Å². The largest absolute Gasteiger partial charge is 0.303 e. The van der Waals surface area contributed by atoms with Gasteiger partial charge in [0.15, 0.2) is 0 Å². The van der Waals surface area contributed by atoms with E-state index in [4.69, 9.17) is 0 Å². The molecule has 1 atom stereocenters. The monoisotopic (exact) mass is 350 g/mol. The SMILES string of the molecule is CC1CCN(CCC2CCCN2S(=O)(=O)Cc2ccccc2)CC1. The zero-order valence-electron chi connectivity index (χ0n) is 14.7. The van der Waals surface area contributed by atoms with Gasteiger partial charge in [0.2, 0.25) is 10.0 Å². The van der Waals surface area contributed by atoms with Crippen molar-refractivity contribution in [3.63, 3.8) is 0 Å². The summed E-state index contributed by atoms with van der Waals surface area (Å²) in [6.07, 6.45) is 5.54. The zero-order chi connectivity index (χ0) is 17.0. The van der Waals surface area contributed by atoms with E-state index in [2.05, 4.69) is 11.8 Å². The number of hydrogen-bond donors (Lipinski definition) is 0. The van der Waals surface area contributed by atoms with Crippen molar-refractivity contribution in [3.8, 4) is 0 Å². The fraction of sp³-hybridized carbons (Fsp3) is 0.684. The van der Waals surface area contributed by atoms with E-state index in [1.54, 1.807) is 4.31 Å². The molecule has 2 aliphatic rings. The van der Waals surface area contributed by atoms with Crippen molar-refractivity contribution >= 4 is 10.0 Å². The highest BCUT2D eigenvalue weighted by Crippen LogP contribution is 2.26. The number of benzene rings is 1. The molecule has 1 aromatic carbocycles. The van der Waals surface area contributed by atoms with E-state index in [-0.39, 0.29) is 11.8 Å². The van der Waals surface area contributed by atoms with Crippen LogP contribution >= 0.6 is 0 Å². The van der Waals surface area contributed by atoms with Crippen molar-refractivity contribution in [2.24, 2.45) is 5.92 Å². The first-order chi connectivity index (χ1) is 11.5. The third-order valence-corrected chi connectivity index (χ3v) is 7.42. The summed E-state index contributed by atoms with van der Waals surface area (Å²) < 4.78 is 27.4. The molecule has 2 heterocycles. The molecule has 0 aromatic heterocycles. The Morgan fingerprint density at radius 3 is 2.46 bits per heavy atom. The summed E-state index contributed by atoms with van der Waals surface area (Å²) in [6.45, 7) is 6.40. The Bertz CT molecular complexity index is 610. The molecule has 0 spiro atoms. The lowest BCUT2D eigenvalue weighted by atomic mass is 9.99. The van der Waals surface area contributed by atoms with E-state index in [1.165, 1.54) is 25.9 Å². The number of piperidine rings is 1. The van der Waals surface area contributed by atoms with Crippen LogP contribution in [0.5, 0.6) is 0 Å². The highest BCUT2D eigenvalue weighted by molar-refractivity contribution is 7.88. The Morgan fingerprint density at radius 2 is 1.75 bits per heavy atom. The molecule has 2 aliphatic heterocycles. The molecule has 0 amide bonds. The van der Waals surface area contributed by atoms with Crippen molar-refractivity contribution in [2.75, 3.05) is 26.2 Å². The van der Waals surface area contributed by atoms with Gasteiger partial charge >= 0.3 is 0 Å². The van der Waals surface area contributed by atoms with E-state index in [0.717, 1.165) is 37.3 Å². The van der Waals surface area contributed by atoms with Gasteiger partial charge in [0.25, 0.3) is 0 Å². The third kappa shape index (κ3) is 4.58. The molecule has 2 fully saturated rings. The van der Waals surface area contributed by atoms with E-state index in [9.17, 15) is 8.42 Å². The second kappa shape index (κ2) is 7.98. The molecule has 1 unspecified atom stereocenters. The maximum Gasteiger partial charge on any atom is 0.218 e. The van der Waals surface area contributed by atoms with E-state index in [0.29, 0.717) is 6.54 Å². The number of sulfonamides is 1. The number of nitrogens with zero attached hydrogens (tertiary/aromatic N) is 2. The van der Waals surface area contributed by atoms with Crippen LogP contribution in [0.3, 0.4) is 0 Å². The van der Waals surface area contributed by atoms with Crippen molar-refractivity contribution in [1.82, 2.24) is 9.21 Å². The summed E-state index contributed by atoms with van der Waals surface area (Å²) in [5.41, 5.74) is 0.883. The van der Waals surface area contributed by atoms with Crippen LogP contribution in [0, 0.1) is 5.92 Å². The molecule has 0 saturated carbocycles. The lowest BCUT2D eigenvalue weighted by molar-refractivity contribution is 0.179. The van der Waals surface area contributed by atoms with Crippen LogP contribution in [-0.2, 0) is 15.8 Å². The summed E-state index contributed by atoms with van der Waals surface area (Å²) in [7, 11) is -3.21. The molecule has 4 nitrogen and oxygen atoms in total. The van der Waals surface area contributed by atoms with Gasteiger partial charge in [-0.05, 0) is 63.2 Å². The number of hydrogen-bond acceptors (Lipinski definition) is 3. The van der Waals surface area contributed by atoms with Crippen molar-refractivity contribution in [1.29, 1.82) is 0 Å². The van der Waals surface area contributed by atoms with Crippen LogP contribution in [0.1, 0.15) is 44.6 Å². The molecule has 2 saturated heterocycles. The van der Waals surface area contributed by atoms with Gasteiger partial charge in [0.05, 0.1) is 5.75 Å². The van der Waals surface area contributed by atoms with Crippen LogP contribution in [0.4, 0.5) is 0 Å². The Kier molecular flexibility index (Phi) is 5.95. The molecule has 3 rings (SSSR count). The van der Waals surface area contributed by atoms with E-state index < -0.39 is 10.0 Å². The van der Waals surface area contributed by atoms with Gasteiger partial charge in [0.1, 0.15) is 0 Å². The Balaban J connectivity index is 1.56.